The van der Waals surface area contributed by atoms with Crippen LogP contribution in [0.3, 0.4) is 0 Å². The first kappa shape index (κ1) is 24.0. The van der Waals surface area contributed by atoms with Crippen LogP contribution in [0.1, 0.15) is 43.3 Å². The van der Waals surface area contributed by atoms with Crippen molar-refractivity contribution in [3.63, 3.8) is 0 Å². The average Bonchev–Trinajstić information content (AvgIpc) is 3.43. The van der Waals surface area contributed by atoms with Crippen molar-refractivity contribution in [3.05, 3.63) is 75.9 Å². The number of halogens is 2. The van der Waals surface area contributed by atoms with Gasteiger partial charge in [-0.3, -0.25) is 14.9 Å². The van der Waals surface area contributed by atoms with Gasteiger partial charge in [0.1, 0.15) is 23.0 Å². The number of carbonyl (C=O) groups is 3. The third kappa shape index (κ3) is 5.18. The van der Waals surface area contributed by atoms with E-state index in [-0.39, 0.29) is 27.8 Å². The average molecular weight is 499 g/mol. The van der Waals surface area contributed by atoms with Crippen LogP contribution in [-0.4, -0.2) is 39.4 Å². The first-order valence-corrected chi connectivity index (χ1v) is 11.3. The van der Waals surface area contributed by atoms with Gasteiger partial charge in [0.25, 0.3) is 11.8 Å². The first-order chi connectivity index (χ1) is 16.8. The number of H-pyrrole nitrogens is 1. The van der Waals surface area contributed by atoms with Crippen LogP contribution >= 0.6 is 11.3 Å². The number of anilines is 2. The Labute approximate surface area is 201 Å². The van der Waals surface area contributed by atoms with Gasteiger partial charge in [0.2, 0.25) is 0 Å². The smallest absolute Gasteiger partial charge is 0.352 e. The second-order valence-electron chi connectivity index (χ2n) is 7.51. The van der Waals surface area contributed by atoms with Crippen molar-refractivity contribution in [2.24, 2.45) is 5.73 Å². The Kier molecular flexibility index (Phi) is 6.85. The van der Waals surface area contributed by atoms with Crippen molar-refractivity contribution >= 4 is 50.8 Å². The number of carbonyl (C=O) groups excluding carboxylic acids is 2. The third-order valence-corrected chi connectivity index (χ3v) is 5.91. The SMILES string of the molecule is NCCCc1c(C(=O)O)[nH]c2ccc(C(=O)Nc3nc(C(=O)Nc4ccc(F)cc4F)cs3)cc12. The number of aromatic nitrogens is 2. The number of fused-ring (bicyclic) bond motifs is 1. The largest absolute Gasteiger partial charge is 0.477 e. The number of carboxylic acid groups (broad SMARTS) is 1. The van der Waals surface area contributed by atoms with Crippen LogP contribution in [0.2, 0.25) is 0 Å². The summed E-state index contributed by atoms with van der Waals surface area (Å²) < 4.78 is 26.8. The standard InChI is InChI=1S/C23H19F2N5O4S/c24-12-4-6-17(15(25)9-12)28-21(32)18-10-35-23(29-18)30-20(31)11-3-5-16-14(8-11)13(2-1-7-26)19(27-16)22(33)34/h3-6,8-10,27H,1-2,7,26H2,(H,28,32)(H,33,34)(H,29,30,31). The molecule has 0 saturated heterocycles. The number of benzene rings is 2. The summed E-state index contributed by atoms with van der Waals surface area (Å²) in [5, 5.41) is 16.5. The number of thiazole rings is 1. The minimum atomic E-state index is -1.10. The number of amides is 2. The normalized spacial score (nSPS) is 10.9. The molecule has 12 heteroatoms. The highest BCUT2D eigenvalue weighted by atomic mass is 32.1. The Morgan fingerprint density at radius 3 is 2.60 bits per heavy atom. The quantitative estimate of drug-likeness (QED) is 0.247. The number of aryl methyl sites for hydroxylation is 1. The number of aromatic amines is 1. The van der Waals surface area contributed by atoms with Gasteiger partial charge >= 0.3 is 5.97 Å². The van der Waals surface area contributed by atoms with E-state index in [1.807, 2.05) is 0 Å². The van der Waals surface area contributed by atoms with Crippen LogP contribution in [0, 0.1) is 11.6 Å². The van der Waals surface area contributed by atoms with Gasteiger partial charge in [-0.1, -0.05) is 0 Å². The van der Waals surface area contributed by atoms with E-state index in [2.05, 4.69) is 20.6 Å². The zero-order valence-corrected chi connectivity index (χ0v) is 18.8. The zero-order chi connectivity index (χ0) is 25.1. The lowest BCUT2D eigenvalue weighted by Gasteiger charge is -2.05. The van der Waals surface area contributed by atoms with Crippen LogP contribution in [0.4, 0.5) is 19.6 Å². The van der Waals surface area contributed by atoms with Gasteiger partial charge in [-0.15, -0.1) is 11.3 Å². The molecule has 2 amide bonds. The van der Waals surface area contributed by atoms with Crippen molar-refractivity contribution in [2.45, 2.75) is 12.8 Å². The van der Waals surface area contributed by atoms with Gasteiger partial charge in [0.05, 0.1) is 5.69 Å². The molecule has 4 aromatic rings. The van der Waals surface area contributed by atoms with Gasteiger partial charge in [-0.25, -0.2) is 18.6 Å². The molecular formula is C23H19F2N5O4S. The molecule has 2 aromatic carbocycles. The van der Waals surface area contributed by atoms with Crippen LogP contribution in [-0.2, 0) is 6.42 Å². The number of rotatable bonds is 8. The molecular weight excluding hydrogens is 480 g/mol. The van der Waals surface area contributed by atoms with E-state index in [0.717, 1.165) is 23.5 Å². The molecule has 0 aliphatic heterocycles. The summed E-state index contributed by atoms with van der Waals surface area (Å²) in [4.78, 5) is 43.6. The highest BCUT2D eigenvalue weighted by molar-refractivity contribution is 7.14. The number of nitrogens with zero attached hydrogens (tertiary/aromatic N) is 1. The fraction of sp³-hybridized carbons (Fsp3) is 0.130. The van der Waals surface area contributed by atoms with Crippen molar-refractivity contribution < 1.29 is 28.3 Å². The molecule has 0 unspecified atom stereocenters. The highest BCUT2D eigenvalue weighted by Gasteiger charge is 2.19. The third-order valence-electron chi connectivity index (χ3n) is 5.15. The highest BCUT2D eigenvalue weighted by Crippen LogP contribution is 2.26. The minimum Gasteiger partial charge on any atom is -0.477 e. The summed E-state index contributed by atoms with van der Waals surface area (Å²) in [6.45, 7) is 0.389. The molecule has 6 N–H and O–H groups in total. The summed E-state index contributed by atoms with van der Waals surface area (Å²) in [5.41, 5.74) is 6.75. The number of nitrogens with two attached hydrogens (primary N) is 1. The molecule has 180 valence electrons. The Hall–Kier alpha value is -4.16. The number of hydrogen-bond donors (Lipinski definition) is 5. The predicted molar refractivity (Wildman–Crippen MR) is 127 cm³/mol. The van der Waals surface area contributed by atoms with Crippen molar-refractivity contribution in [1.29, 1.82) is 0 Å². The molecule has 0 fully saturated rings. The van der Waals surface area contributed by atoms with Crippen molar-refractivity contribution in [2.75, 3.05) is 17.2 Å². The van der Waals surface area contributed by atoms with Crippen LogP contribution in [0.15, 0.2) is 41.8 Å². The number of hydrogen-bond acceptors (Lipinski definition) is 6. The Morgan fingerprint density at radius 1 is 1.09 bits per heavy atom. The summed E-state index contributed by atoms with van der Waals surface area (Å²) >= 11 is 0.989. The molecule has 0 bridgehead atoms. The molecule has 0 aliphatic carbocycles. The first-order valence-electron chi connectivity index (χ1n) is 10.4. The molecule has 4 rings (SSSR count). The number of nitrogens with one attached hydrogen (secondary N) is 3. The Balaban J connectivity index is 1.51. The van der Waals surface area contributed by atoms with E-state index < -0.39 is 29.4 Å². The Morgan fingerprint density at radius 2 is 1.89 bits per heavy atom. The monoisotopic (exact) mass is 499 g/mol. The molecule has 0 radical (unpaired) electrons. The summed E-state index contributed by atoms with van der Waals surface area (Å²) in [6.07, 6.45) is 1.01. The second kappa shape index (κ2) is 9.99. The minimum absolute atomic E-state index is 0.0548. The summed E-state index contributed by atoms with van der Waals surface area (Å²) in [5.74, 6) is -4.05. The summed E-state index contributed by atoms with van der Waals surface area (Å²) in [7, 11) is 0. The van der Waals surface area contributed by atoms with E-state index in [1.54, 1.807) is 12.1 Å². The lowest BCUT2D eigenvalue weighted by atomic mass is 10.0. The molecule has 2 heterocycles. The topological polar surface area (TPSA) is 150 Å². The van der Waals surface area contributed by atoms with Gasteiger partial charge in [0, 0.05) is 27.9 Å². The molecule has 9 nitrogen and oxygen atoms in total. The maximum absolute atomic E-state index is 13.8. The van der Waals surface area contributed by atoms with E-state index >= 15 is 0 Å². The molecule has 0 saturated carbocycles. The van der Waals surface area contributed by atoms with E-state index in [4.69, 9.17) is 5.73 Å². The number of carboxylic acids is 1. The van der Waals surface area contributed by atoms with E-state index in [9.17, 15) is 28.3 Å². The lowest BCUT2D eigenvalue weighted by Crippen LogP contribution is -2.15. The Bertz CT molecular complexity index is 1450. The molecule has 0 spiro atoms. The van der Waals surface area contributed by atoms with E-state index in [0.29, 0.717) is 41.9 Å². The van der Waals surface area contributed by atoms with Gasteiger partial charge < -0.3 is 21.1 Å². The molecule has 0 aliphatic rings. The van der Waals surface area contributed by atoms with Gasteiger partial charge in [0.15, 0.2) is 5.13 Å². The fourth-order valence-electron chi connectivity index (χ4n) is 3.49. The molecule has 0 atom stereocenters. The zero-order valence-electron chi connectivity index (χ0n) is 18.0. The van der Waals surface area contributed by atoms with Crippen molar-refractivity contribution in [3.8, 4) is 0 Å². The van der Waals surface area contributed by atoms with Crippen LogP contribution in [0.25, 0.3) is 10.9 Å². The van der Waals surface area contributed by atoms with Crippen LogP contribution in [0.5, 0.6) is 0 Å². The summed E-state index contributed by atoms with van der Waals surface area (Å²) in [6, 6.07) is 7.47. The predicted octanol–water partition coefficient (Wildman–Crippen LogP) is 4.00. The van der Waals surface area contributed by atoms with E-state index in [1.165, 1.54) is 11.4 Å². The van der Waals surface area contributed by atoms with Gasteiger partial charge in [-0.05, 0) is 55.3 Å². The number of aromatic carboxylic acids is 1. The second-order valence-corrected chi connectivity index (χ2v) is 8.36. The van der Waals surface area contributed by atoms with Crippen molar-refractivity contribution in [1.82, 2.24) is 9.97 Å². The maximum atomic E-state index is 13.8. The fourth-order valence-corrected chi connectivity index (χ4v) is 4.18. The van der Waals surface area contributed by atoms with Gasteiger partial charge in [-0.2, -0.15) is 0 Å². The molecule has 2 aromatic heterocycles. The molecule has 35 heavy (non-hydrogen) atoms. The van der Waals surface area contributed by atoms with Crippen LogP contribution < -0.4 is 16.4 Å². The lowest BCUT2D eigenvalue weighted by molar-refractivity contribution is 0.0690. The maximum Gasteiger partial charge on any atom is 0.352 e.